The average molecular weight is 257 g/mol. The van der Waals surface area contributed by atoms with E-state index in [1.807, 2.05) is 0 Å². The molecule has 0 fully saturated rings. The fourth-order valence-electron chi connectivity index (χ4n) is 0. The fraction of sp³-hybridized carbons (Fsp3) is 0. The molecule has 0 bridgehead atoms. The van der Waals surface area contributed by atoms with Crippen LogP contribution in [0.25, 0.3) is 0 Å². The van der Waals surface area contributed by atoms with Crippen molar-refractivity contribution in [3.63, 3.8) is 0 Å². The third kappa shape index (κ3) is 8.82. The molecule has 0 aromatic rings. The van der Waals surface area contributed by atoms with Crippen molar-refractivity contribution in [2.75, 3.05) is 0 Å². The zero-order valence-electron chi connectivity index (χ0n) is 1.17. The van der Waals surface area contributed by atoms with Crippen molar-refractivity contribution < 1.29 is 40.2 Å². The van der Waals surface area contributed by atoms with Crippen molar-refractivity contribution in [2.24, 2.45) is 0 Å². The molecule has 0 N–H and O–H groups in total. The summed E-state index contributed by atoms with van der Waals surface area (Å²) in [4.78, 5) is 0. The predicted octanol–water partition coefficient (Wildman–Crippen LogP) is -1.04. The zero-order valence-corrected chi connectivity index (χ0v) is 4.28. The molecule has 0 spiro atoms. The van der Waals surface area contributed by atoms with Crippen molar-refractivity contribution in [2.45, 2.75) is 0 Å². The maximum absolute atomic E-state index is 8.26. The van der Waals surface area contributed by atoms with Crippen molar-refractivity contribution in [1.29, 1.82) is 0 Å². The summed E-state index contributed by atoms with van der Waals surface area (Å²) in [6.07, 6.45) is 0. The van der Waals surface area contributed by atoms with E-state index in [2.05, 4.69) is 0 Å². The van der Waals surface area contributed by atoms with Crippen LogP contribution in [0.4, 0.5) is 0 Å². The first-order chi connectivity index (χ1) is 1.00. The van der Waals surface area contributed by atoms with Crippen molar-refractivity contribution in [1.82, 2.24) is 0 Å². The van der Waals surface area contributed by atoms with Gasteiger partial charge in [0.25, 0.3) is 0 Å². The van der Waals surface area contributed by atoms with Crippen molar-refractivity contribution in [3.8, 4) is 0 Å². The summed E-state index contributed by atoms with van der Waals surface area (Å²) in [7, 11) is 0. The first-order valence-corrected chi connectivity index (χ1v) is 0.986. The van der Waals surface area contributed by atoms with Crippen LogP contribution in [-0.2, 0) is 40.2 Å². The van der Waals surface area contributed by atoms with Crippen LogP contribution >= 0.6 is 0 Å². The van der Waals surface area contributed by atoms with Gasteiger partial charge in [-0.1, -0.05) is 0 Å². The Morgan fingerprint density at radius 3 is 1.25 bits per heavy atom. The Balaban J connectivity index is -0.00000000500. The summed E-state index contributed by atoms with van der Waals surface area (Å²) in [5.41, 5.74) is 0. The summed E-state index contributed by atoms with van der Waals surface area (Å²) < 4.78 is 8.26. The molecule has 1 nitrogen and oxygen atoms in total. The van der Waals surface area contributed by atoms with Gasteiger partial charge in [-0.25, -0.2) is 0 Å². The molecule has 24 valence electrons. The van der Waals surface area contributed by atoms with Gasteiger partial charge in [0.1, 0.15) is 0 Å². The Kier molecular flexibility index (Phi) is 71.7. The first-order valence-electron chi connectivity index (χ1n) is 0.167. The monoisotopic (exact) mass is 260 g/mol. The molecule has 0 atom stereocenters. The fourth-order valence-corrected chi connectivity index (χ4v) is 0. The summed E-state index contributed by atoms with van der Waals surface area (Å²) in [5, 5.41) is 0. The summed E-state index contributed by atoms with van der Waals surface area (Å²) in [6.45, 7) is 0. The topological polar surface area (TPSA) is 17.1 Å². The average Bonchev–Trinajstić information content (AvgIpc) is 1.00. The van der Waals surface area contributed by atoms with Gasteiger partial charge in [-0.2, -0.15) is 0 Å². The van der Waals surface area contributed by atoms with E-state index in [9.17, 15) is 0 Å². The molecule has 4 heavy (non-hydrogen) atoms. The van der Waals surface area contributed by atoms with E-state index in [1.54, 1.807) is 0 Å². The van der Waals surface area contributed by atoms with Gasteiger partial charge in [-0.3, -0.25) is 0 Å². The first kappa shape index (κ1) is 16.1. The standard InChI is InChI=1S/Fe.Mo.O.Sr.2H. The molecule has 0 saturated carbocycles. The SMILES string of the molecule is [Fe].[O]=[Mo].[SrH2]. The molecule has 0 aliphatic rings. The van der Waals surface area contributed by atoms with Gasteiger partial charge < -0.3 is 0 Å². The third-order valence-electron chi connectivity index (χ3n) is 0. The second-order valence-corrected chi connectivity index (χ2v) is 0. The van der Waals surface area contributed by atoms with E-state index in [1.165, 1.54) is 0 Å². The Morgan fingerprint density at radius 2 is 1.25 bits per heavy atom. The molecule has 0 rings (SSSR count). The van der Waals surface area contributed by atoms with Gasteiger partial charge in [-0.05, 0) is 0 Å². The normalized spacial score (nSPS) is 1.00. The number of hydrogen-bond donors (Lipinski definition) is 0. The molecule has 0 heterocycles. The van der Waals surface area contributed by atoms with Crippen LogP contribution in [0.5, 0.6) is 0 Å². The van der Waals surface area contributed by atoms with Gasteiger partial charge in [0, 0.05) is 17.1 Å². The molecule has 0 aromatic heterocycles. The minimum atomic E-state index is 0. The summed E-state index contributed by atoms with van der Waals surface area (Å²) >= 11 is 0.700. The third-order valence-corrected chi connectivity index (χ3v) is 0. The van der Waals surface area contributed by atoms with Crippen LogP contribution in [0.3, 0.4) is 0 Å². The zero-order chi connectivity index (χ0) is 2.00. The van der Waals surface area contributed by atoms with Crippen LogP contribution in [-0.4, -0.2) is 45.5 Å². The number of hydrogen-bond acceptors (Lipinski definition) is 1. The Hall–Kier alpha value is 2.49. The molecule has 0 unspecified atom stereocenters. The molecule has 0 aliphatic carbocycles. The molecule has 0 radical (unpaired) electrons. The van der Waals surface area contributed by atoms with E-state index in [0.717, 1.165) is 0 Å². The van der Waals surface area contributed by atoms with Crippen LogP contribution < -0.4 is 0 Å². The Bertz CT molecular complexity index is 8.00. The van der Waals surface area contributed by atoms with Crippen LogP contribution in [0.2, 0.25) is 0 Å². The van der Waals surface area contributed by atoms with E-state index in [-0.39, 0.29) is 62.6 Å². The van der Waals surface area contributed by atoms with Crippen molar-refractivity contribution >= 4 is 45.5 Å². The van der Waals surface area contributed by atoms with Gasteiger partial charge in [0.05, 0.1) is 0 Å². The van der Waals surface area contributed by atoms with Crippen molar-refractivity contribution in [3.05, 3.63) is 0 Å². The molecule has 0 aliphatic heterocycles. The van der Waals surface area contributed by atoms with Gasteiger partial charge in [0.2, 0.25) is 0 Å². The molecule has 0 amide bonds. The van der Waals surface area contributed by atoms with Crippen LogP contribution in [0.1, 0.15) is 0 Å². The van der Waals surface area contributed by atoms with E-state index >= 15 is 0 Å². The Labute approximate surface area is 83.9 Å². The van der Waals surface area contributed by atoms with E-state index in [4.69, 9.17) is 3.40 Å². The van der Waals surface area contributed by atoms with Gasteiger partial charge in [0.15, 0.2) is 0 Å². The van der Waals surface area contributed by atoms with Gasteiger partial charge >= 0.3 is 68.7 Å². The molecule has 0 saturated heterocycles. The molecule has 0 aromatic carbocycles. The minimum absolute atomic E-state index is 0. The maximum atomic E-state index is 8.26. The van der Waals surface area contributed by atoms with Crippen LogP contribution in [0, 0.1) is 0 Å². The van der Waals surface area contributed by atoms with Crippen LogP contribution in [0.15, 0.2) is 0 Å². The molecule has 4 heteroatoms. The second kappa shape index (κ2) is 17.9. The molecular weight excluding hydrogens is 255 g/mol. The quantitative estimate of drug-likeness (QED) is 0.507. The molecular formula is H2FeMoOSr. The number of rotatable bonds is 0. The Morgan fingerprint density at radius 1 is 1.25 bits per heavy atom. The predicted molar refractivity (Wildman–Crippen MR) is 9.23 cm³/mol. The second-order valence-electron chi connectivity index (χ2n) is 0. The van der Waals surface area contributed by atoms with E-state index < -0.39 is 0 Å². The van der Waals surface area contributed by atoms with E-state index in [0.29, 0.717) is 19.8 Å². The summed E-state index contributed by atoms with van der Waals surface area (Å²) in [6, 6.07) is 0. The van der Waals surface area contributed by atoms with Gasteiger partial charge in [-0.15, -0.1) is 0 Å². The summed E-state index contributed by atoms with van der Waals surface area (Å²) in [5.74, 6) is 0.